The standard InChI is InChI=1S/C12H10FN5O3/c13-9-5-7(1-2-11(9)18(20)21)16-12(19)10-6-8(17-14)3-4-15-10/h1-6H,14H2,(H,15,17)(H,16,19). The minimum atomic E-state index is -1.04. The molecule has 0 aliphatic rings. The van der Waals surface area contributed by atoms with Crippen LogP contribution in [0.2, 0.25) is 0 Å². The van der Waals surface area contributed by atoms with E-state index in [9.17, 15) is 19.3 Å². The number of halogens is 1. The quantitative estimate of drug-likeness (QED) is 0.447. The summed E-state index contributed by atoms with van der Waals surface area (Å²) in [5, 5.41) is 12.9. The van der Waals surface area contributed by atoms with Crippen LogP contribution in [0.15, 0.2) is 36.5 Å². The molecule has 0 saturated heterocycles. The number of hydrogen-bond donors (Lipinski definition) is 3. The van der Waals surface area contributed by atoms with Crippen molar-refractivity contribution >= 4 is 23.0 Å². The third-order valence-electron chi connectivity index (χ3n) is 2.56. The zero-order chi connectivity index (χ0) is 15.4. The number of pyridine rings is 1. The summed E-state index contributed by atoms with van der Waals surface area (Å²) < 4.78 is 13.4. The molecule has 4 N–H and O–H groups in total. The Kier molecular flexibility index (Phi) is 4.05. The van der Waals surface area contributed by atoms with E-state index in [1.165, 1.54) is 18.3 Å². The van der Waals surface area contributed by atoms with Crippen molar-refractivity contribution in [3.8, 4) is 0 Å². The normalized spacial score (nSPS) is 10.0. The first-order valence-corrected chi connectivity index (χ1v) is 5.69. The highest BCUT2D eigenvalue weighted by Crippen LogP contribution is 2.21. The number of amides is 1. The zero-order valence-electron chi connectivity index (χ0n) is 10.5. The Bertz CT molecular complexity index is 707. The van der Waals surface area contributed by atoms with Crippen LogP contribution in [0.3, 0.4) is 0 Å². The number of nitrogens with two attached hydrogens (primary N) is 1. The van der Waals surface area contributed by atoms with Gasteiger partial charge in [-0.25, -0.2) is 0 Å². The van der Waals surface area contributed by atoms with Gasteiger partial charge in [-0.15, -0.1) is 0 Å². The van der Waals surface area contributed by atoms with Gasteiger partial charge < -0.3 is 10.7 Å². The number of anilines is 2. The molecule has 0 atom stereocenters. The number of hydrazine groups is 1. The van der Waals surface area contributed by atoms with Crippen LogP contribution in [0.5, 0.6) is 0 Å². The van der Waals surface area contributed by atoms with Crippen LogP contribution in [-0.2, 0) is 0 Å². The molecule has 0 fully saturated rings. The Balaban J connectivity index is 2.19. The topological polar surface area (TPSA) is 123 Å². The molecule has 2 rings (SSSR count). The lowest BCUT2D eigenvalue weighted by Crippen LogP contribution is -2.15. The Labute approximate surface area is 117 Å². The number of nitrogens with zero attached hydrogens (tertiary/aromatic N) is 2. The van der Waals surface area contributed by atoms with Crippen LogP contribution in [0.4, 0.5) is 21.5 Å². The maximum Gasteiger partial charge on any atom is 0.304 e. The molecule has 1 aromatic carbocycles. The lowest BCUT2D eigenvalue weighted by molar-refractivity contribution is -0.387. The van der Waals surface area contributed by atoms with E-state index in [2.05, 4.69) is 15.7 Å². The third kappa shape index (κ3) is 3.28. The van der Waals surface area contributed by atoms with Crippen molar-refractivity contribution in [3.63, 3.8) is 0 Å². The van der Waals surface area contributed by atoms with Crippen LogP contribution in [0, 0.1) is 15.9 Å². The summed E-state index contributed by atoms with van der Waals surface area (Å²) in [6.07, 6.45) is 1.38. The smallest absolute Gasteiger partial charge is 0.304 e. The molecule has 8 nitrogen and oxygen atoms in total. The molecule has 0 bridgehead atoms. The van der Waals surface area contributed by atoms with Crippen molar-refractivity contribution < 1.29 is 14.1 Å². The molecule has 0 aliphatic heterocycles. The number of nitro benzene ring substituents is 1. The van der Waals surface area contributed by atoms with E-state index in [1.807, 2.05) is 0 Å². The van der Waals surface area contributed by atoms with E-state index in [0.29, 0.717) is 5.69 Å². The van der Waals surface area contributed by atoms with Gasteiger partial charge in [-0.1, -0.05) is 0 Å². The van der Waals surface area contributed by atoms with Gasteiger partial charge in [-0.3, -0.25) is 25.7 Å². The second kappa shape index (κ2) is 5.92. The fourth-order valence-corrected chi connectivity index (χ4v) is 1.57. The molecule has 1 aromatic heterocycles. The predicted molar refractivity (Wildman–Crippen MR) is 73.1 cm³/mol. The lowest BCUT2D eigenvalue weighted by atomic mass is 10.2. The van der Waals surface area contributed by atoms with E-state index < -0.39 is 22.3 Å². The Morgan fingerprint density at radius 3 is 2.67 bits per heavy atom. The first-order chi connectivity index (χ1) is 10.0. The van der Waals surface area contributed by atoms with Gasteiger partial charge in [-0.2, -0.15) is 4.39 Å². The molecule has 0 aliphatic carbocycles. The molecule has 0 unspecified atom stereocenters. The van der Waals surface area contributed by atoms with Crippen molar-refractivity contribution in [1.82, 2.24) is 4.98 Å². The van der Waals surface area contributed by atoms with Gasteiger partial charge >= 0.3 is 5.69 Å². The van der Waals surface area contributed by atoms with Crippen LogP contribution in [0.25, 0.3) is 0 Å². The van der Waals surface area contributed by atoms with E-state index >= 15 is 0 Å². The predicted octanol–water partition coefficient (Wildman–Crippen LogP) is 1.67. The number of hydrogen-bond acceptors (Lipinski definition) is 6. The van der Waals surface area contributed by atoms with Crippen molar-refractivity contribution in [2.45, 2.75) is 0 Å². The molecule has 1 amide bonds. The number of aromatic nitrogens is 1. The van der Waals surface area contributed by atoms with Crippen molar-refractivity contribution in [1.29, 1.82) is 0 Å². The van der Waals surface area contributed by atoms with E-state index in [-0.39, 0.29) is 11.4 Å². The monoisotopic (exact) mass is 291 g/mol. The summed E-state index contributed by atoms with van der Waals surface area (Å²) in [6.45, 7) is 0. The molecule has 0 saturated carbocycles. The average Bonchev–Trinajstić information content (AvgIpc) is 2.47. The zero-order valence-corrected chi connectivity index (χ0v) is 10.5. The molecule has 21 heavy (non-hydrogen) atoms. The van der Waals surface area contributed by atoms with Gasteiger partial charge in [0.25, 0.3) is 5.91 Å². The molecule has 2 aromatic rings. The van der Waals surface area contributed by atoms with Gasteiger partial charge in [0.05, 0.1) is 10.6 Å². The minimum absolute atomic E-state index is 0.0595. The highest BCUT2D eigenvalue weighted by molar-refractivity contribution is 6.03. The number of nitrogen functional groups attached to an aromatic ring is 1. The second-order valence-electron chi connectivity index (χ2n) is 3.95. The van der Waals surface area contributed by atoms with E-state index in [0.717, 1.165) is 12.1 Å². The average molecular weight is 291 g/mol. The highest BCUT2D eigenvalue weighted by atomic mass is 19.1. The molecule has 108 valence electrons. The SMILES string of the molecule is NNc1ccnc(C(=O)Nc2ccc([N+](=O)[O-])c(F)c2)c1. The Morgan fingerprint density at radius 1 is 1.29 bits per heavy atom. The Morgan fingerprint density at radius 2 is 2.05 bits per heavy atom. The van der Waals surface area contributed by atoms with Gasteiger partial charge in [0, 0.05) is 24.0 Å². The number of nitrogens with one attached hydrogen (secondary N) is 2. The van der Waals surface area contributed by atoms with E-state index in [4.69, 9.17) is 5.84 Å². The van der Waals surface area contributed by atoms with E-state index in [1.54, 1.807) is 6.07 Å². The first-order valence-electron chi connectivity index (χ1n) is 5.69. The fourth-order valence-electron chi connectivity index (χ4n) is 1.57. The Hall–Kier alpha value is -3.07. The van der Waals surface area contributed by atoms with Crippen molar-refractivity contribution in [3.05, 3.63) is 58.2 Å². The number of benzene rings is 1. The number of rotatable bonds is 4. The molecule has 9 heteroatoms. The van der Waals surface area contributed by atoms with Gasteiger partial charge in [0.2, 0.25) is 5.82 Å². The van der Waals surface area contributed by atoms with Gasteiger partial charge in [0.1, 0.15) is 5.69 Å². The maximum absolute atomic E-state index is 13.4. The maximum atomic E-state index is 13.4. The van der Waals surface area contributed by atoms with Crippen LogP contribution in [-0.4, -0.2) is 15.8 Å². The molecule has 0 spiro atoms. The number of nitro groups is 1. The highest BCUT2D eigenvalue weighted by Gasteiger charge is 2.15. The lowest BCUT2D eigenvalue weighted by Gasteiger charge is -2.06. The summed E-state index contributed by atoms with van der Waals surface area (Å²) in [5.74, 6) is 3.58. The van der Waals surface area contributed by atoms with Crippen molar-refractivity contribution in [2.24, 2.45) is 5.84 Å². The summed E-state index contributed by atoms with van der Waals surface area (Å²) in [6, 6.07) is 6.01. The van der Waals surface area contributed by atoms with Crippen LogP contribution < -0.4 is 16.6 Å². The largest absolute Gasteiger partial charge is 0.324 e. The van der Waals surface area contributed by atoms with Gasteiger partial charge in [0.15, 0.2) is 0 Å². The third-order valence-corrected chi connectivity index (χ3v) is 2.56. The van der Waals surface area contributed by atoms with Crippen LogP contribution >= 0.6 is 0 Å². The number of carbonyl (C=O) groups is 1. The molecular formula is C12H10FN5O3. The summed E-state index contributed by atoms with van der Waals surface area (Å²) in [4.78, 5) is 25.4. The number of carbonyl (C=O) groups excluding carboxylic acids is 1. The van der Waals surface area contributed by atoms with Crippen LogP contribution in [0.1, 0.15) is 10.5 Å². The van der Waals surface area contributed by atoms with Crippen molar-refractivity contribution in [2.75, 3.05) is 10.7 Å². The first kappa shape index (κ1) is 14.3. The summed E-state index contributed by atoms with van der Waals surface area (Å²) in [5.41, 5.74) is 2.31. The fraction of sp³-hybridized carbons (Fsp3) is 0. The van der Waals surface area contributed by atoms with Gasteiger partial charge in [-0.05, 0) is 18.2 Å². The molecular weight excluding hydrogens is 281 g/mol. The summed E-state index contributed by atoms with van der Waals surface area (Å²) >= 11 is 0. The molecule has 1 heterocycles. The summed E-state index contributed by atoms with van der Waals surface area (Å²) in [7, 11) is 0. The minimum Gasteiger partial charge on any atom is -0.324 e. The molecule has 0 radical (unpaired) electrons. The second-order valence-corrected chi connectivity index (χ2v) is 3.95.